The van der Waals surface area contributed by atoms with Gasteiger partial charge in [-0.3, -0.25) is 9.59 Å². The van der Waals surface area contributed by atoms with Crippen molar-refractivity contribution in [2.24, 2.45) is 5.92 Å². The minimum atomic E-state index is -0.158. The van der Waals surface area contributed by atoms with Gasteiger partial charge in [-0.2, -0.15) is 0 Å². The van der Waals surface area contributed by atoms with Crippen LogP contribution in [0.5, 0.6) is 0 Å². The van der Waals surface area contributed by atoms with E-state index in [0.717, 1.165) is 19.3 Å². The molecule has 1 unspecified atom stereocenters. The molecule has 202 valence electrons. The maximum Gasteiger partial charge on any atom is 0.306 e. The second-order valence-corrected chi connectivity index (χ2v) is 10.7. The molecular weight excluding hydrogens is 424 g/mol. The first-order valence-corrected chi connectivity index (χ1v) is 14.8. The SMILES string of the molecule is CCCCCCCCCCCCCCCCCCOC(=O)CCCCC(=O)OC(C)CC(C)C. The molecule has 0 saturated heterocycles. The first kappa shape index (κ1) is 32.9. The van der Waals surface area contributed by atoms with Crippen molar-refractivity contribution in [3.63, 3.8) is 0 Å². The molecule has 4 nitrogen and oxygen atoms in total. The summed E-state index contributed by atoms with van der Waals surface area (Å²) in [6, 6.07) is 0. The van der Waals surface area contributed by atoms with Crippen LogP contribution in [-0.4, -0.2) is 24.6 Å². The Hall–Kier alpha value is -1.06. The summed E-state index contributed by atoms with van der Waals surface area (Å²) < 4.78 is 10.7. The predicted molar refractivity (Wildman–Crippen MR) is 144 cm³/mol. The Labute approximate surface area is 212 Å². The third-order valence-corrected chi connectivity index (χ3v) is 6.41. The van der Waals surface area contributed by atoms with Crippen LogP contribution in [0.4, 0.5) is 0 Å². The van der Waals surface area contributed by atoms with Crippen LogP contribution in [0, 0.1) is 5.92 Å². The van der Waals surface area contributed by atoms with Gasteiger partial charge in [0, 0.05) is 12.8 Å². The molecule has 0 radical (unpaired) electrons. The highest BCUT2D eigenvalue weighted by Crippen LogP contribution is 2.14. The summed E-state index contributed by atoms with van der Waals surface area (Å²) in [6.07, 6.45) is 24.5. The van der Waals surface area contributed by atoms with Crippen molar-refractivity contribution in [1.29, 1.82) is 0 Å². The maximum atomic E-state index is 11.8. The number of rotatable bonds is 25. The Balaban J connectivity index is 3.30. The fraction of sp³-hybridized carbons (Fsp3) is 0.933. The molecule has 0 bridgehead atoms. The molecule has 0 heterocycles. The standard InChI is InChI=1S/C30H58O4/c1-5-6-7-8-9-10-11-12-13-14-15-16-17-18-19-22-25-33-29(31)23-20-21-24-30(32)34-28(4)26-27(2)3/h27-28H,5-26H2,1-4H3. The van der Waals surface area contributed by atoms with Crippen LogP contribution >= 0.6 is 0 Å². The minimum Gasteiger partial charge on any atom is -0.466 e. The Kier molecular flexibility index (Phi) is 24.3. The highest BCUT2D eigenvalue weighted by molar-refractivity contribution is 5.70. The second-order valence-electron chi connectivity index (χ2n) is 10.7. The van der Waals surface area contributed by atoms with Gasteiger partial charge in [-0.1, -0.05) is 117 Å². The van der Waals surface area contributed by atoms with Gasteiger partial charge in [0.1, 0.15) is 0 Å². The van der Waals surface area contributed by atoms with Gasteiger partial charge in [0.05, 0.1) is 12.7 Å². The zero-order valence-corrected chi connectivity index (χ0v) is 23.3. The van der Waals surface area contributed by atoms with Crippen LogP contribution in [0.2, 0.25) is 0 Å². The van der Waals surface area contributed by atoms with Crippen LogP contribution in [-0.2, 0) is 19.1 Å². The lowest BCUT2D eigenvalue weighted by molar-refractivity contribution is -0.149. The van der Waals surface area contributed by atoms with E-state index in [-0.39, 0.29) is 18.0 Å². The number of carbonyl (C=O) groups is 2. The van der Waals surface area contributed by atoms with E-state index in [0.29, 0.717) is 38.2 Å². The minimum absolute atomic E-state index is 0.0304. The summed E-state index contributed by atoms with van der Waals surface area (Å²) in [4.78, 5) is 23.6. The molecule has 34 heavy (non-hydrogen) atoms. The van der Waals surface area contributed by atoms with Crippen LogP contribution in [0.25, 0.3) is 0 Å². The monoisotopic (exact) mass is 482 g/mol. The van der Waals surface area contributed by atoms with Crippen molar-refractivity contribution in [1.82, 2.24) is 0 Å². The number of hydrogen-bond acceptors (Lipinski definition) is 4. The van der Waals surface area contributed by atoms with Crippen molar-refractivity contribution in [2.75, 3.05) is 6.61 Å². The van der Waals surface area contributed by atoms with E-state index in [1.165, 1.54) is 89.9 Å². The van der Waals surface area contributed by atoms with Gasteiger partial charge in [0.25, 0.3) is 0 Å². The third kappa shape index (κ3) is 25.6. The lowest BCUT2D eigenvalue weighted by Crippen LogP contribution is -2.16. The molecule has 1 atom stereocenters. The molecule has 0 spiro atoms. The molecule has 0 rings (SSSR count). The van der Waals surface area contributed by atoms with E-state index >= 15 is 0 Å². The summed E-state index contributed by atoms with van der Waals surface area (Å²) >= 11 is 0. The zero-order chi connectivity index (χ0) is 25.3. The highest BCUT2D eigenvalue weighted by Gasteiger charge is 2.11. The van der Waals surface area contributed by atoms with Gasteiger partial charge in [0.15, 0.2) is 0 Å². The zero-order valence-electron chi connectivity index (χ0n) is 23.3. The molecule has 4 heteroatoms. The molecule has 0 saturated carbocycles. The Morgan fingerprint density at radius 1 is 0.559 bits per heavy atom. The van der Waals surface area contributed by atoms with Gasteiger partial charge < -0.3 is 9.47 Å². The van der Waals surface area contributed by atoms with Crippen molar-refractivity contribution in [2.45, 2.75) is 169 Å². The lowest BCUT2D eigenvalue weighted by Gasteiger charge is -2.15. The smallest absolute Gasteiger partial charge is 0.306 e. The molecule has 0 fully saturated rings. The molecule has 0 amide bonds. The number of hydrogen-bond donors (Lipinski definition) is 0. The summed E-state index contributed by atoms with van der Waals surface area (Å²) in [5.74, 6) is 0.226. The highest BCUT2D eigenvalue weighted by atomic mass is 16.5. The van der Waals surface area contributed by atoms with E-state index in [9.17, 15) is 9.59 Å². The number of unbranched alkanes of at least 4 members (excludes halogenated alkanes) is 16. The number of esters is 2. The van der Waals surface area contributed by atoms with Gasteiger partial charge in [0.2, 0.25) is 0 Å². The Bertz CT molecular complexity index is 461. The second kappa shape index (κ2) is 25.0. The van der Waals surface area contributed by atoms with E-state index < -0.39 is 0 Å². The van der Waals surface area contributed by atoms with E-state index in [1.807, 2.05) is 6.92 Å². The van der Waals surface area contributed by atoms with E-state index in [1.54, 1.807) is 0 Å². The number of carbonyl (C=O) groups excluding carboxylic acids is 2. The maximum absolute atomic E-state index is 11.8. The molecule has 0 aliphatic heterocycles. The fourth-order valence-corrected chi connectivity index (χ4v) is 4.44. The van der Waals surface area contributed by atoms with Crippen molar-refractivity contribution >= 4 is 11.9 Å². The van der Waals surface area contributed by atoms with Crippen LogP contribution < -0.4 is 0 Å². The van der Waals surface area contributed by atoms with Gasteiger partial charge in [-0.15, -0.1) is 0 Å². The molecule has 0 aliphatic carbocycles. The molecular formula is C30H58O4. The Morgan fingerprint density at radius 3 is 1.41 bits per heavy atom. The summed E-state index contributed by atoms with van der Waals surface area (Å²) in [6.45, 7) is 8.99. The van der Waals surface area contributed by atoms with Gasteiger partial charge >= 0.3 is 11.9 Å². The first-order valence-electron chi connectivity index (χ1n) is 14.8. The van der Waals surface area contributed by atoms with Crippen LogP contribution in [0.3, 0.4) is 0 Å². The summed E-state index contributed by atoms with van der Waals surface area (Å²) in [5, 5.41) is 0. The number of ether oxygens (including phenoxy) is 2. The van der Waals surface area contributed by atoms with E-state index in [4.69, 9.17) is 9.47 Å². The first-order chi connectivity index (χ1) is 16.5. The van der Waals surface area contributed by atoms with Crippen molar-refractivity contribution in [3.05, 3.63) is 0 Å². The van der Waals surface area contributed by atoms with Crippen molar-refractivity contribution < 1.29 is 19.1 Å². The summed E-state index contributed by atoms with van der Waals surface area (Å²) in [5.41, 5.74) is 0. The van der Waals surface area contributed by atoms with Gasteiger partial charge in [-0.05, 0) is 38.5 Å². The van der Waals surface area contributed by atoms with Crippen LogP contribution in [0.15, 0.2) is 0 Å². The quantitative estimate of drug-likeness (QED) is 0.0960. The molecule has 0 aromatic carbocycles. The average molecular weight is 483 g/mol. The van der Waals surface area contributed by atoms with Crippen molar-refractivity contribution in [3.8, 4) is 0 Å². The fourth-order valence-electron chi connectivity index (χ4n) is 4.44. The normalized spacial score (nSPS) is 12.1. The summed E-state index contributed by atoms with van der Waals surface area (Å²) in [7, 11) is 0. The Morgan fingerprint density at radius 2 is 0.971 bits per heavy atom. The predicted octanol–water partition coefficient (Wildman–Crippen LogP) is 9.33. The largest absolute Gasteiger partial charge is 0.466 e. The van der Waals surface area contributed by atoms with Crippen LogP contribution in [0.1, 0.15) is 163 Å². The molecule has 0 aromatic rings. The topological polar surface area (TPSA) is 52.6 Å². The lowest BCUT2D eigenvalue weighted by atomic mass is 10.0. The molecule has 0 aliphatic rings. The third-order valence-electron chi connectivity index (χ3n) is 6.41. The average Bonchev–Trinajstić information content (AvgIpc) is 2.78. The van der Waals surface area contributed by atoms with Gasteiger partial charge in [-0.25, -0.2) is 0 Å². The molecule has 0 N–H and O–H groups in total. The molecule has 0 aromatic heterocycles. The van der Waals surface area contributed by atoms with E-state index in [2.05, 4.69) is 20.8 Å².